The topological polar surface area (TPSA) is 63.0 Å². The van der Waals surface area contributed by atoms with Crippen molar-refractivity contribution in [2.45, 2.75) is 31.8 Å². The van der Waals surface area contributed by atoms with Crippen molar-refractivity contribution < 1.29 is 18.7 Å². The molecule has 3 heterocycles. The predicted molar refractivity (Wildman–Crippen MR) is 129 cm³/mol. The van der Waals surface area contributed by atoms with Crippen molar-refractivity contribution in [1.29, 1.82) is 0 Å². The molecule has 2 aliphatic heterocycles. The summed E-state index contributed by atoms with van der Waals surface area (Å²) in [5, 5.41) is 0. The van der Waals surface area contributed by atoms with E-state index in [1.165, 1.54) is 12.7 Å². The summed E-state index contributed by atoms with van der Waals surface area (Å²) in [6, 6.07) is 19.5. The van der Waals surface area contributed by atoms with E-state index in [-0.39, 0.29) is 11.9 Å². The Kier molecular flexibility index (Phi) is 6.50. The van der Waals surface area contributed by atoms with Crippen molar-refractivity contribution in [3.63, 3.8) is 0 Å². The van der Waals surface area contributed by atoms with Crippen LogP contribution in [0.5, 0.6) is 0 Å². The van der Waals surface area contributed by atoms with Gasteiger partial charge in [0.25, 0.3) is 5.91 Å². The molecule has 0 spiro atoms. The van der Waals surface area contributed by atoms with Crippen molar-refractivity contribution in [3.05, 3.63) is 83.6 Å². The van der Waals surface area contributed by atoms with Crippen LogP contribution in [0.2, 0.25) is 0 Å². The second-order valence-electron chi connectivity index (χ2n) is 9.24. The number of fused-ring (bicyclic) bond motifs is 1. The maximum Gasteiger partial charge on any atom is 0.337 e. The summed E-state index contributed by atoms with van der Waals surface area (Å²) in [4.78, 5) is 29.6. The Balaban J connectivity index is 1.22. The van der Waals surface area contributed by atoms with Crippen LogP contribution in [0.3, 0.4) is 0 Å². The molecule has 2 aliphatic rings. The van der Waals surface area contributed by atoms with Gasteiger partial charge in [-0.15, -0.1) is 0 Å². The lowest BCUT2D eigenvalue weighted by Crippen LogP contribution is -2.55. The van der Waals surface area contributed by atoms with Crippen molar-refractivity contribution in [1.82, 2.24) is 9.80 Å². The summed E-state index contributed by atoms with van der Waals surface area (Å²) in [7, 11) is 1.40. The number of esters is 1. The fourth-order valence-electron chi connectivity index (χ4n) is 5.38. The van der Waals surface area contributed by atoms with Crippen LogP contribution < -0.4 is 0 Å². The monoisotopic (exact) mass is 458 g/mol. The summed E-state index contributed by atoms with van der Waals surface area (Å²) in [6.45, 7) is 3.63. The number of nitrogens with zero attached hydrogens (tertiary/aromatic N) is 2. The molecule has 6 heteroatoms. The number of rotatable bonds is 5. The predicted octanol–water partition coefficient (Wildman–Crippen LogP) is 4.86. The van der Waals surface area contributed by atoms with Gasteiger partial charge in [0.2, 0.25) is 0 Å². The lowest BCUT2D eigenvalue weighted by atomic mass is 9.83. The molecule has 6 nitrogen and oxygen atoms in total. The van der Waals surface area contributed by atoms with Crippen molar-refractivity contribution in [2.24, 2.45) is 5.92 Å². The molecule has 0 saturated carbocycles. The zero-order valence-corrected chi connectivity index (χ0v) is 19.5. The molecular weight excluding hydrogens is 428 g/mol. The Bertz CT molecular complexity index is 1120. The first-order valence-corrected chi connectivity index (χ1v) is 12.0. The molecular formula is C28H30N2O4. The molecule has 0 bridgehead atoms. The smallest absolute Gasteiger partial charge is 0.337 e. The maximum absolute atomic E-state index is 13.4. The first kappa shape index (κ1) is 22.4. The number of likely N-dealkylation sites (tertiary alicyclic amines) is 2. The number of hydrogen-bond acceptors (Lipinski definition) is 5. The summed E-state index contributed by atoms with van der Waals surface area (Å²) < 4.78 is 10.2. The minimum atomic E-state index is -0.310. The van der Waals surface area contributed by atoms with E-state index in [0.29, 0.717) is 17.5 Å². The highest BCUT2D eigenvalue weighted by atomic mass is 16.5. The highest BCUT2D eigenvalue weighted by Gasteiger charge is 2.38. The van der Waals surface area contributed by atoms with E-state index in [1.54, 1.807) is 6.26 Å². The Morgan fingerprint density at radius 3 is 2.44 bits per heavy atom. The van der Waals surface area contributed by atoms with Crippen LogP contribution in [-0.4, -0.2) is 54.5 Å². The Morgan fingerprint density at radius 2 is 1.74 bits per heavy atom. The number of amides is 1. The quantitative estimate of drug-likeness (QED) is 0.511. The SMILES string of the molecule is COC(=O)c1ccc(CN2CC[C@@H]3[C@@H](CCCN3C(=O)c3ccc(-c4ccco4)cc3)C2)cc1. The Hall–Kier alpha value is -3.38. The van der Waals surface area contributed by atoms with E-state index in [9.17, 15) is 9.59 Å². The fraction of sp³-hybridized carbons (Fsp3) is 0.357. The number of methoxy groups -OCH3 is 1. The van der Waals surface area contributed by atoms with Crippen molar-refractivity contribution in [3.8, 4) is 11.3 Å². The fourth-order valence-corrected chi connectivity index (χ4v) is 5.38. The molecule has 1 amide bonds. The van der Waals surface area contributed by atoms with Gasteiger partial charge in [0.1, 0.15) is 5.76 Å². The van der Waals surface area contributed by atoms with E-state index in [2.05, 4.69) is 9.80 Å². The molecule has 2 atom stereocenters. The van der Waals surface area contributed by atoms with Crippen LogP contribution in [0.4, 0.5) is 0 Å². The summed E-state index contributed by atoms with van der Waals surface area (Å²) in [5.74, 6) is 1.12. The first-order valence-electron chi connectivity index (χ1n) is 12.0. The van der Waals surface area contributed by atoms with Gasteiger partial charge in [-0.1, -0.05) is 24.3 Å². The van der Waals surface area contributed by atoms with Crippen molar-refractivity contribution in [2.75, 3.05) is 26.7 Å². The molecule has 176 valence electrons. The molecule has 1 aromatic heterocycles. The third-order valence-electron chi connectivity index (χ3n) is 7.13. The minimum Gasteiger partial charge on any atom is -0.465 e. The second kappa shape index (κ2) is 9.85. The molecule has 2 fully saturated rings. The number of carbonyl (C=O) groups excluding carboxylic acids is 2. The van der Waals surface area contributed by atoms with E-state index >= 15 is 0 Å². The van der Waals surface area contributed by atoms with Gasteiger partial charge >= 0.3 is 5.97 Å². The number of hydrogen-bond donors (Lipinski definition) is 0. The number of ether oxygens (including phenoxy) is 1. The third kappa shape index (κ3) is 4.64. The van der Waals surface area contributed by atoms with Gasteiger partial charge in [-0.2, -0.15) is 0 Å². The average Bonchev–Trinajstić information content (AvgIpc) is 3.43. The zero-order valence-electron chi connectivity index (χ0n) is 19.5. The minimum absolute atomic E-state index is 0.132. The Labute approximate surface area is 200 Å². The molecule has 34 heavy (non-hydrogen) atoms. The van der Waals surface area contributed by atoms with Gasteiger partial charge < -0.3 is 14.1 Å². The summed E-state index contributed by atoms with van der Waals surface area (Å²) >= 11 is 0. The van der Waals surface area contributed by atoms with Gasteiger partial charge in [0.15, 0.2) is 0 Å². The van der Waals surface area contributed by atoms with Crippen LogP contribution in [0.1, 0.15) is 45.5 Å². The van der Waals surface area contributed by atoms with Gasteiger partial charge in [-0.25, -0.2) is 4.79 Å². The van der Waals surface area contributed by atoms with Gasteiger partial charge in [-0.05, 0) is 67.1 Å². The Morgan fingerprint density at radius 1 is 0.971 bits per heavy atom. The number of benzene rings is 2. The lowest BCUT2D eigenvalue weighted by molar-refractivity contribution is 0.0184. The normalized spacial score (nSPS) is 20.6. The summed E-state index contributed by atoms with van der Waals surface area (Å²) in [6.07, 6.45) is 4.84. The van der Waals surface area contributed by atoms with Crippen LogP contribution in [0.15, 0.2) is 71.3 Å². The highest BCUT2D eigenvalue weighted by Crippen LogP contribution is 2.32. The van der Waals surface area contributed by atoms with Crippen LogP contribution in [0, 0.1) is 5.92 Å². The van der Waals surface area contributed by atoms with E-state index in [4.69, 9.17) is 9.15 Å². The standard InChI is InChI=1S/C28H30N2O4/c1-33-28(32)23-8-6-20(7-9-23)18-29-16-14-25-24(19-29)4-2-15-30(25)27(31)22-12-10-21(11-13-22)26-5-3-17-34-26/h3,5-13,17,24-25H,2,4,14-16,18-19H2,1H3/t24-,25+/m0/s1. The van der Waals surface area contributed by atoms with Crippen LogP contribution >= 0.6 is 0 Å². The van der Waals surface area contributed by atoms with E-state index in [0.717, 1.165) is 62.3 Å². The first-order chi connectivity index (χ1) is 16.6. The molecule has 0 unspecified atom stereocenters. The summed E-state index contributed by atoms with van der Waals surface area (Å²) in [5.41, 5.74) is 3.48. The van der Waals surface area contributed by atoms with Crippen molar-refractivity contribution >= 4 is 11.9 Å². The average molecular weight is 459 g/mol. The van der Waals surface area contributed by atoms with E-state index in [1.807, 2.05) is 60.7 Å². The number of piperidine rings is 2. The molecule has 3 aromatic rings. The molecule has 0 N–H and O–H groups in total. The number of furan rings is 1. The molecule has 2 saturated heterocycles. The largest absolute Gasteiger partial charge is 0.465 e. The van der Waals surface area contributed by atoms with Crippen LogP contribution in [0.25, 0.3) is 11.3 Å². The molecule has 2 aromatic carbocycles. The maximum atomic E-state index is 13.4. The molecule has 0 radical (unpaired) electrons. The van der Waals surface area contributed by atoms with Gasteiger partial charge in [0.05, 0.1) is 18.9 Å². The third-order valence-corrected chi connectivity index (χ3v) is 7.13. The van der Waals surface area contributed by atoms with Crippen LogP contribution in [-0.2, 0) is 11.3 Å². The molecule has 5 rings (SSSR count). The highest BCUT2D eigenvalue weighted by molar-refractivity contribution is 5.95. The molecule has 0 aliphatic carbocycles. The second-order valence-corrected chi connectivity index (χ2v) is 9.24. The number of carbonyl (C=O) groups is 2. The van der Waals surface area contributed by atoms with Gasteiger partial charge in [0, 0.05) is 43.3 Å². The lowest BCUT2D eigenvalue weighted by Gasteiger charge is -2.47. The zero-order chi connectivity index (χ0) is 23.5. The van der Waals surface area contributed by atoms with Gasteiger partial charge in [-0.3, -0.25) is 9.69 Å². The van der Waals surface area contributed by atoms with E-state index < -0.39 is 0 Å².